The Kier molecular flexibility index (Phi) is 7.53. The summed E-state index contributed by atoms with van der Waals surface area (Å²) in [5.41, 5.74) is 2.75. The van der Waals surface area contributed by atoms with Crippen LogP contribution >= 0.6 is 11.3 Å². The van der Waals surface area contributed by atoms with Crippen molar-refractivity contribution in [1.82, 2.24) is 20.2 Å². The Morgan fingerprint density at radius 2 is 1.94 bits per heavy atom. The Morgan fingerprint density at radius 1 is 1.11 bits per heavy atom. The quantitative estimate of drug-likeness (QED) is 0.351. The maximum Gasteiger partial charge on any atom is 0.387 e. The number of alkyl halides is 2. The molecule has 1 amide bonds. The van der Waals surface area contributed by atoms with Crippen molar-refractivity contribution in [2.24, 2.45) is 0 Å². The number of aliphatic hydroxyl groups excluding tert-OH is 1. The van der Waals surface area contributed by atoms with Crippen LogP contribution in [0.1, 0.15) is 27.3 Å². The molecule has 0 atom stereocenters. The topological polar surface area (TPSA) is 119 Å². The SMILES string of the molecule is Cc1cc(-c2ccccc2OC(F)F)c(C(=O)Nc2nnc(OCc3ccc(CO)cn3)s2)cn1. The Bertz CT molecular complexity index is 1320. The van der Waals surface area contributed by atoms with E-state index in [4.69, 9.17) is 9.84 Å². The van der Waals surface area contributed by atoms with Crippen LogP contribution in [0, 0.1) is 6.92 Å². The number of pyridine rings is 2. The van der Waals surface area contributed by atoms with E-state index in [2.05, 4.69) is 30.2 Å². The highest BCUT2D eigenvalue weighted by molar-refractivity contribution is 7.17. The number of carbonyl (C=O) groups is 1. The Labute approximate surface area is 202 Å². The molecule has 0 unspecified atom stereocenters. The van der Waals surface area contributed by atoms with Crippen LogP contribution in [0.15, 0.2) is 54.9 Å². The van der Waals surface area contributed by atoms with Gasteiger partial charge in [0.15, 0.2) is 0 Å². The van der Waals surface area contributed by atoms with Crippen molar-refractivity contribution in [2.45, 2.75) is 26.7 Å². The zero-order valence-electron chi connectivity index (χ0n) is 18.3. The molecule has 4 aromatic rings. The zero-order valence-corrected chi connectivity index (χ0v) is 19.1. The molecule has 4 rings (SSSR count). The molecule has 0 saturated heterocycles. The van der Waals surface area contributed by atoms with Gasteiger partial charge in [0, 0.05) is 29.2 Å². The van der Waals surface area contributed by atoms with Crippen molar-refractivity contribution >= 4 is 22.4 Å². The van der Waals surface area contributed by atoms with E-state index >= 15 is 0 Å². The highest BCUT2D eigenvalue weighted by atomic mass is 32.1. The van der Waals surface area contributed by atoms with Crippen LogP contribution < -0.4 is 14.8 Å². The molecule has 1 aromatic carbocycles. The molecule has 0 aliphatic heterocycles. The van der Waals surface area contributed by atoms with E-state index in [1.807, 2.05) is 0 Å². The van der Waals surface area contributed by atoms with Gasteiger partial charge in [-0.15, -0.1) is 5.10 Å². The molecular weight excluding hydrogens is 480 g/mol. The first kappa shape index (κ1) is 24.1. The van der Waals surface area contributed by atoms with Crippen LogP contribution in [0.3, 0.4) is 0 Å². The van der Waals surface area contributed by atoms with Gasteiger partial charge in [0.2, 0.25) is 5.13 Å². The summed E-state index contributed by atoms with van der Waals surface area (Å²) in [6.45, 7) is -1.26. The lowest BCUT2D eigenvalue weighted by Gasteiger charge is -2.14. The second-order valence-electron chi connectivity index (χ2n) is 7.18. The summed E-state index contributed by atoms with van der Waals surface area (Å²) in [5.74, 6) is -0.613. The maximum atomic E-state index is 13.0. The van der Waals surface area contributed by atoms with Gasteiger partial charge in [-0.05, 0) is 42.0 Å². The Morgan fingerprint density at radius 3 is 2.69 bits per heavy atom. The molecule has 3 aromatic heterocycles. The molecule has 0 fully saturated rings. The molecule has 2 N–H and O–H groups in total. The van der Waals surface area contributed by atoms with Crippen molar-refractivity contribution in [2.75, 3.05) is 5.32 Å². The van der Waals surface area contributed by atoms with Crippen LogP contribution in [-0.2, 0) is 13.2 Å². The third-order valence-corrected chi connectivity index (χ3v) is 5.47. The van der Waals surface area contributed by atoms with E-state index in [-0.39, 0.29) is 34.9 Å². The van der Waals surface area contributed by atoms with Crippen molar-refractivity contribution in [3.05, 3.63) is 77.4 Å². The monoisotopic (exact) mass is 499 g/mol. The number of nitrogens with one attached hydrogen (secondary N) is 1. The fourth-order valence-corrected chi connectivity index (χ4v) is 3.69. The van der Waals surface area contributed by atoms with Gasteiger partial charge in [-0.2, -0.15) is 8.78 Å². The second kappa shape index (κ2) is 10.9. The summed E-state index contributed by atoms with van der Waals surface area (Å²) < 4.78 is 36.0. The lowest BCUT2D eigenvalue weighted by Crippen LogP contribution is -2.14. The summed E-state index contributed by atoms with van der Waals surface area (Å²) in [7, 11) is 0. The number of benzene rings is 1. The Hall–Kier alpha value is -4.03. The molecule has 0 saturated carbocycles. The van der Waals surface area contributed by atoms with Gasteiger partial charge < -0.3 is 14.6 Å². The average Bonchev–Trinajstić information content (AvgIpc) is 3.30. The first-order chi connectivity index (χ1) is 16.9. The number of aryl methyl sites for hydroxylation is 1. The minimum absolute atomic E-state index is 0.0608. The molecule has 35 heavy (non-hydrogen) atoms. The summed E-state index contributed by atoms with van der Waals surface area (Å²) in [5, 5.41) is 19.9. The van der Waals surface area contributed by atoms with Crippen molar-refractivity contribution < 1.29 is 28.2 Å². The van der Waals surface area contributed by atoms with E-state index in [9.17, 15) is 13.6 Å². The molecule has 180 valence electrons. The van der Waals surface area contributed by atoms with E-state index in [0.29, 0.717) is 28.1 Å². The minimum atomic E-state index is -3.01. The molecule has 3 heterocycles. The number of ether oxygens (including phenoxy) is 2. The van der Waals surface area contributed by atoms with Gasteiger partial charge in [-0.25, -0.2) is 0 Å². The average molecular weight is 499 g/mol. The van der Waals surface area contributed by atoms with E-state index < -0.39 is 12.5 Å². The first-order valence-electron chi connectivity index (χ1n) is 10.3. The normalized spacial score (nSPS) is 10.9. The van der Waals surface area contributed by atoms with Crippen molar-refractivity contribution in [3.63, 3.8) is 0 Å². The van der Waals surface area contributed by atoms with Gasteiger partial charge in [0.1, 0.15) is 12.4 Å². The number of halogens is 2. The number of hydrogen-bond acceptors (Lipinski definition) is 9. The van der Waals surface area contributed by atoms with Crippen LogP contribution in [-0.4, -0.2) is 37.8 Å². The lowest BCUT2D eigenvalue weighted by molar-refractivity contribution is -0.0494. The van der Waals surface area contributed by atoms with Crippen LogP contribution in [0.2, 0.25) is 0 Å². The van der Waals surface area contributed by atoms with Gasteiger partial charge >= 0.3 is 6.61 Å². The van der Waals surface area contributed by atoms with Gasteiger partial charge in [0.05, 0.1) is 17.9 Å². The smallest absolute Gasteiger partial charge is 0.387 e. The number of aliphatic hydroxyl groups is 1. The molecule has 0 aliphatic rings. The number of anilines is 1. The second-order valence-corrected chi connectivity index (χ2v) is 8.12. The van der Waals surface area contributed by atoms with E-state index in [1.165, 1.54) is 12.3 Å². The highest BCUT2D eigenvalue weighted by Crippen LogP contribution is 2.34. The molecular formula is C23H19F2N5O4S. The number of carbonyl (C=O) groups excluding carboxylic acids is 1. The summed E-state index contributed by atoms with van der Waals surface area (Å²) in [6.07, 6.45) is 2.90. The molecule has 0 spiro atoms. The fourth-order valence-electron chi connectivity index (χ4n) is 3.10. The standard InChI is InChI=1S/C23H19F2N5O4S/c1-13-8-17(16-4-2-3-5-19(16)34-21(24)25)18(10-26-13)20(32)28-22-29-30-23(35-22)33-12-15-7-6-14(11-31)9-27-15/h2-10,21,31H,11-12H2,1H3,(H,28,29,32). The van der Waals surface area contributed by atoms with Crippen molar-refractivity contribution in [3.8, 4) is 22.1 Å². The third kappa shape index (κ3) is 6.11. The van der Waals surface area contributed by atoms with Crippen LogP contribution in [0.5, 0.6) is 10.9 Å². The number of para-hydroxylation sites is 1. The fraction of sp³-hybridized carbons (Fsp3) is 0.174. The lowest BCUT2D eigenvalue weighted by atomic mass is 9.99. The summed E-state index contributed by atoms with van der Waals surface area (Å²) in [6, 6.07) is 11.3. The predicted octanol–water partition coefficient (Wildman–Crippen LogP) is 4.23. The van der Waals surface area contributed by atoms with E-state index in [0.717, 1.165) is 11.3 Å². The van der Waals surface area contributed by atoms with E-state index in [1.54, 1.807) is 49.5 Å². The minimum Gasteiger partial charge on any atom is -0.462 e. The number of hydrogen-bond donors (Lipinski definition) is 2. The number of amides is 1. The molecule has 9 nitrogen and oxygen atoms in total. The molecule has 0 radical (unpaired) electrons. The number of rotatable bonds is 9. The summed E-state index contributed by atoms with van der Waals surface area (Å²) in [4.78, 5) is 21.4. The van der Waals surface area contributed by atoms with Gasteiger partial charge in [0.25, 0.3) is 11.1 Å². The maximum absolute atomic E-state index is 13.0. The van der Waals surface area contributed by atoms with Crippen molar-refractivity contribution in [1.29, 1.82) is 0 Å². The van der Waals surface area contributed by atoms with Crippen LogP contribution in [0.4, 0.5) is 13.9 Å². The van der Waals surface area contributed by atoms with Crippen LogP contribution in [0.25, 0.3) is 11.1 Å². The summed E-state index contributed by atoms with van der Waals surface area (Å²) >= 11 is 1.01. The zero-order chi connectivity index (χ0) is 24.8. The Balaban J connectivity index is 1.50. The molecule has 12 heteroatoms. The third-order valence-electron chi connectivity index (χ3n) is 4.72. The van der Waals surface area contributed by atoms with Gasteiger partial charge in [-0.3, -0.25) is 20.1 Å². The largest absolute Gasteiger partial charge is 0.462 e. The number of nitrogens with zero attached hydrogens (tertiary/aromatic N) is 4. The predicted molar refractivity (Wildman–Crippen MR) is 123 cm³/mol. The molecule has 0 aliphatic carbocycles. The highest BCUT2D eigenvalue weighted by Gasteiger charge is 2.20. The number of aromatic nitrogens is 4. The molecule has 0 bridgehead atoms. The van der Waals surface area contributed by atoms with Gasteiger partial charge in [-0.1, -0.05) is 29.4 Å². The first-order valence-corrected chi connectivity index (χ1v) is 11.1.